The summed E-state index contributed by atoms with van der Waals surface area (Å²) in [7, 11) is -3.76. The molecule has 3 aliphatic heterocycles. The zero-order valence-corrected chi connectivity index (χ0v) is 19.9. The number of aromatic nitrogens is 1. The van der Waals surface area contributed by atoms with Crippen molar-refractivity contribution in [3.63, 3.8) is 0 Å². The normalized spacial score (nSPS) is 24.3. The van der Waals surface area contributed by atoms with E-state index >= 15 is 0 Å². The fourth-order valence-electron chi connectivity index (χ4n) is 5.09. The number of hydrogen-bond donors (Lipinski definition) is 1. The van der Waals surface area contributed by atoms with Crippen LogP contribution in [0.4, 0.5) is 0 Å². The molecule has 178 valence electrons. The van der Waals surface area contributed by atoms with Crippen molar-refractivity contribution in [1.29, 1.82) is 0 Å². The largest absolute Gasteiger partial charge is 0.356 e. The second-order valence-corrected chi connectivity index (χ2v) is 11.6. The molecule has 1 aromatic heterocycles. The number of sulfonamides is 1. The summed E-state index contributed by atoms with van der Waals surface area (Å²) < 4.78 is 28.0. The van der Waals surface area contributed by atoms with Gasteiger partial charge in [-0.2, -0.15) is 4.31 Å². The maximum Gasteiger partial charge on any atom is 0.270 e. The summed E-state index contributed by atoms with van der Waals surface area (Å²) in [4.78, 5) is 32.6. The summed E-state index contributed by atoms with van der Waals surface area (Å²) >= 11 is 0. The highest BCUT2D eigenvalue weighted by Crippen LogP contribution is 2.27. The molecule has 0 aliphatic carbocycles. The molecular weight excluding hydrogens is 428 g/mol. The van der Waals surface area contributed by atoms with Gasteiger partial charge in [0.05, 0.1) is 5.92 Å². The van der Waals surface area contributed by atoms with E-state index in [4.69, 9.17) is 0 Å². The maximum atomic E-state index is 13.3. The lowest BCUT2D eigenvalue weighted by Gasteiger charge is -2.34. The van der Waals surface area contributed by atoms with E-state index in [0.717, 1.165) is 58.0 Å². The van der Waals surface area contributed by atoms with Crippen LogP contribution in [-0.4, -0.2) is 78.6 Å². The molecule has 4 heterocycles. The highest BCUT2D eigenvalue weighted by Gasteiger charge is 2.36. The number of aromatic amines is 1. The van der Waals surface area contributed by atoms with Gasteiger partial charge in [-0.1, -0.05) is 19.8 Å². The molecule has 0 radical (unpaired) electrons. The van der Waals surface area contributed by atoms with Crippen molar-refractivity contribution in [2.45, 2.75) is 63.2 Å². The lowest BCUT2D eigenvalue weighted by atomic mass is 9.98. The number of likely N-dealkylation sites (tertiary alicyclic amines) is 2. The molecule has 3 saturated heterocycles. The first-order valence-corrected chi connectivity index (χ1v) is 13.6. The monoisotopic (exact) mass is 464 g/mol. The number of carbonyl (C=O) groups is 2. The zero-order chi connectivity index (χ0) is 22.7. The summed E-state index contributed by atoms with van der Waals surface area (Å²) in [6, 6.07) is 1.45. The van der Waals surface area contributed by atoms with E-state index in [2.05, 4.69) is 11.9 Å². The Morgan fingerprint density at radius 1 is 0.906 bits per heavy atom. The fraction of sp³-hybridized carbons (Fsp3) is 0.739. The Hall–Kier alpha value is -1.87. The second-order valence-electron chi connectivity index (χ2n) is 9.67. The lowest BCUT2D eigenvalue weighted by Crippen LogP contribution is -2.46. The molecule has 1 N–H and O–H groups in total. The number of carbonyl (C=O) groups excluding carboxylic acids is 2. The topological polar surface area (TPSA) is 93.8 Å². The Kier molecular flexibility index (Phi) is 7.24. The van der Waals surface area contributed by atoms with Crippen LogP contribution >= 0.6 is 0 Å². The molecule has 8 nitrogen and oxygen atoms in total. The van der Waals surface area contributed by atoms with Crippen molar-refractivity contribution < 1.29 is 18.0 Å². The summed E-state index contributed by atoms with van der Waals surface area (Å²) in [5, 5.41) is 0. The number of H-pyrrole nitrogens is 1. The average Bonchev–Trinajstić information content (AvgIpc) is 3.16. The van der Waals surface area contributed by atoms with Crippen molar-refractivity contribution in [1.82, 2.24) is 19.1 Å². The Bertz CT molecular complexity index is 912. The van der Waals surface area contributed by atoms with Crippen molar-refractivity contribution >= 4 is 21.8 Å². The molecule has 1 aromatic rings. The third-order valence-electron chi connectivity index (χ3n) is 7.25. The van der Waals surface area contributed by atoms with Crippen LogP contribution in [0.1, 0.15) is 68.8 Å². The van der Waals surface area contributed by atoms with E-state index in [1.54, 1.807) is 4.90 Å². The summed E-state index contributed by atoms with van der Waals surface area (Å²) in [5.74, 6) is 0.275. The van der Waals surface area contributed by atoms with Crippen LogP contribution in [0.5, 0.6) is 0 Å². The number of hydrogen-bond acceptors (Lipinski definition) is 4. The van der Waals surface area contributed by atoms with Crippen LogP contribution in [-0.2, 0) is 14.8 Å². The lowest BCUT2D eigenvalue weighted by molar-refractivity contribution is -0.136. The van der Waals surface area contributed by atoms with Crippen molar-refractivity contribution in [3.05, 3.63) is 18.0 Å². The van der Waals surface area contributed by atoms with Crippen molar-refractivity contribution in [2.24, 2.45) is 11.8 Å². The highest BCUT2D eigenvalue weighted by molar-refractivity contribution is 7.89. The molecule has 4 rings (SSSR count). The van der Waals surface area contributed by atoms with Gasteiger partial charge in [0.2, 0.25) is 15.9 Å². The average molecular weight is 465 g/mol. The molecule has 32 heavy (non-hydrogen) atoms. The van der Waals surface area contributed by atoms with Gasteiger partial charge in [-0.15, -0.1) is 0 Å². The summed E-state index contributed by atoms with van der Waals surface area (Å²) in [6.07, 6.45) is 9.11. The fourth-order valence-corrected chi connectivity index (χ4v) is 6.61. The first-order chi connectivity index (χ1) is 15.4. The van der Waals surface area contributed by atoms with E-state index in [9.17, 15) is 18.0 Å². The Morgan fingerprint density at radius 2 is 1.59 bits per heavy atom. The molecule has 1 unspecified atom stereocenters. The highest BCUT2D eigenvalue weighted by atomic mass is 32.2. The molecule has 0 bridgehead atoms. The number of nitrogens with zero attached hydrogens (tertiary/aromatic N) is 3. The molecule has 0 spiro atoms. The van der Waals surface area contributed by atoms with Gasteiger partial charge in [-0.3, -0.25) is 9.59 Å². The maximum absolute atomic E-state index is 13.3. The van der Waals surface area contributed by atoms with Crippen molar-refractivity contribution in [3.8, 4) is 0 Å². The van der Waals surface area contributed by atoms with Gasteiger partial charge in [0, 0.05) is 45.5 Å². The molecule has 3 fully saturated rings. The van der Waals surface area contributed by atoms with E-state index in [1.165, 1.54) is 16.6 Å². The van der Waals surface area contributed by atoms with Gasteiger partial charge < -0.3 is 14.8 Å². The smallest absolute Gasteiger partial charge is 0.270 e. The zero-order valence-electron chi connectivity index (χ0n) is 19.1. The van der Waals surface area contributed by atoms with Gasteiger partial charge in [-0.05, 0) is 50.5 Å². The molecule has 0 saturated carbocycles. The van der Waals surface area contributed by atoms with Gasteiger partial charge in [0.25, 0.3) is 5.91 Å². The minimum absolute atomic E-state index is 0.0936. The molecule has 3 aliphatic rings. The van der Waals surface area contributed by atoms with Gasteiger partial charge >= 0.3 is 0 Å². The van der Waals surface area contributed by atoms with E-state index in [1.807, 2.05) is 4.90 Å². The Labute approximate surface area is 191 Å². The van der Waals surface area contributed by atoms with Gasteiger partial charge in [0.1, 0.15) is 10.6 Å². The number of rotatable bonds is 4. The predicted molar refractivity (Wildman–Crippen MR) is 122 cm³/mol. The van der Waals surface area contributed by atoms with E-state index in [-0.39, 0.29) is 29.2 Å². The minimum Gasteiger partial charge on any atom is -0.356 e. The summed E-state index contributed by atoms with van der Waals surface area (Å²) in [5.41, 5.74) is 0.312. The van der Waals surface area contributed by atoms with Gasteiger partial charge in [-0.25, -0.2) is 8.42 Å². The molecule has 0 aromatic carbocycles. The second kappa shape index (κ2) is 9.95. The SMILES string of the molecule is CC1CCN(C(=O)c2cc(S(=O)(=O)N3CCCC(C(=O)N4CCCCCC4)C3)c[nH]2)CC1. The van der Waals surface area contributed by atoms with Gasteiger partial charge in [0.15, 0.2) is 0 Å². The van der Waals surface area contributed by atoms with E-state index < -0.39 is 10.0 Å². The Balaban J connectivity index is 1.42. The summed E-state index contributed by atoms with van der Waals surface area (Å²) in [6.45, 7) is 5.77. The third kappa shape index (κ3) is 5.03. The predicted octanol–water partition coefficient (Wildman–Crippen LogP) is 2.69. The third-order valence-corrected chi connectivity index (χ3v) is 9.09. The first-order valence-electron chi connectivity index (χ1n) is 12.1. The van der Waals surface area contributed by atoms with Crippen LogP contribution in [0.15, 0.2) is 17.2 Å². The number of piperidine rings is 2. The Morgan fingerprint density at radius 3 is 2.28 bits per heavy atom. The minimum atomic E-state index is -3.76. The van der Waals surface area contributed by atoms with Crippen LogP contribution in [0.3, 0.4) is 0 Å². The van der Waals surface area contributed by atoms with Crippen LogP contribution in [0, 0.1) is 11.8 Å². The standard InChI is InChI=1S/C23H36N4O4S/c1-18-8-13-26(14-9-18)23(29)21-15-20(16-24-21)32(30,31)27-12-6-7-19(17-27)22(28)25-10-4-2-3-5-11-25/h15-16,18-19,24H,2-14,17H2,1H3. The van der Waals surface area contributed by atoms with E-state index in [0.29, 0.717) is 37.7 Å². The quantitative estimate of drug-likeness (QED) is 0.741. The number of amides is 2. The van der Waals surface area contributed by atoms with Crippen LogP contribution < -0.4 is 0 Å². The number of nitrogens with one attached hydrogen (secondary N) is 1. The molecule has 1 atom stereocenters. The van der Waals surface area contributed by atoms with Crippen LogP contribution in [0.2, 0.25) is 0 Å². The van der Waals surface area contributed by atoms with Crippen LogP contribution in [0.25, 0.3) is 0 Å². The molecule has 2 amide bonds. The molecular formula is C23H36N4O4S. The van der Waals surface area contributed by atoms with Crippen molar-refractivity contribution in [2.75, 3.05) is 39.3 Å². The molecule has 9 heteroatoms. The first kappa shape index (κ1) is 23.3.